The number of carbonyl (C=O) groups excluding carboxylic acids is 3. The zero-order valence-electron chi connectivity index (χ0n) is 21.5. The Balaban J connectivity index is 1.42. The predicted octanol–water partition coefficient (Wildman–Crippen LogP) is 3.27. The van der Waals surface area contributed by atoms with Crippen LogP contribution in [0.2, 0.25) is 0 Å². The molecule has 2 N–H and O–H groups in total. The number of likely N-dealkylation sites (tertiary alicyclic amines) is 1. The number of aromatic nitrogens is 1. The average Bonchev–Trinajstić information content (AvgIpc) is 3.47. The molecule has 1 aliphatic rings. The highest BCUT2D eigenvalue weighted by Gasteiger charge is 2.39. The molecular formula is C27H31FN3O7P. The van der Waals surface area contributed by atoms with Crippen LogP contribution in [0.5, 0.6) is 5.75 Å². The van der Waals surface area contributed by atoms with Gasteiger partial charge >= 0.3 is 8.25 Å². The number of carbonyl (C=O) groups is 3. The van der Waals surface area contributed by atoms with Crippen LogP contribution in [0, 0.1) is 0 Å². The topological polar surface area (TPSA) is 127 Å². The minimum atomic E-state index is -3.15. The first-order valence-electron chi connectivity index (χ1n) is 12.6. The zero-order chi connectivity index (χ0) is 27.9. The maximum atomic E-state index is 14.4. The lowest BCUT2D eigenvalue weighted by atomic mass is 10.1. The summed E-state index contributed by atoms with van der Waals surface area (Å²) in [7, 11) is -3.15. The quantitative estimate of drug-likeness (QED) is 0.151. The van der Waals surface area contributed by atoms with Gasteiger partial charge in [0.05, 0.1) is 6.54 Å². The molecule has 10 nitrogen and oxygen atoms in total. The molecular weight excluding hydrogens is 528 g/mol. The third-order valence-corrected chi connectivity index (χ3v) is 6.97. The molecule has 208 valence electrons. The van der Waals surface area contributed by atoms with Crippen molar-refractivity contribution in [1.29, 1.82) is 0 Å². The number of aryl methyl sites for hydroxylation is 1. The number of rotatable bonds is 12. The van der Waals surface area contributed by atoms with Crippen LogP contribution >= 0.6 is 8.25 Å². The molecule has 3 atom stereocenters. The van der Waals surface area contributed by atoms with E-state index in [2.05, 4.69) is 9.84 Å². The number of hydrogen-bond donors (Lipinski definition) is 2. The third-order valence-electron chi connectivity index (χ3n) is 6.60. The number of amides is 2. The van der Waals surface area contributed by atoms with Gasteiger partial charge in [0.1, 0.15) is 24.5 Å². The lowest BCUT2D eigenvalue weighted by Crippen LogP contribution is -2.47. The minimum absolute atomic E-state index is 0.0652. The monoisotopic (exact) mass is 559 g/mol. The number of ketones is 1. The fourth-order valence-corrected chi connectivity index (χ4v) is 4.90. The second-order valence-corrected chi connectivity index (χ2v) is 10.2. The maximum Gasteiger partial charge on any atom is 0.319 e. The summed E-state index contributed by atoms with van der Waals surface area (Å²) in [6, 6.07) is 13.8. The molecule has 0 radical (unpaired) electrons. The Kier molecular flexibility index (Phi) is 9.50. The van der Waals surface area contributed by atoms with E-state index >= 15 is 0 Å². The van der Waals surface area contributed by atoms with Crippen molar-refractivity contribution >= 4 is 36.8 Å². The second-order valence-electron chi connectivity index (χ2n) is 9.35. The van der Waals surface area contributed by atoms with Gasteiger partial charge in [0.2, 0.25) is 11.8 Å². The SMILES string of the molecule is CC(=O)c1cn(CC(=O)N2C[C@H](F)C[C@H]2C(=O)NCCCc2ccccc2)c2ccc(OCO[PH](=O)O)cc12. The number of halogens is 1. The largest absolute Gasteiger partial charge is 0.467 e. The normalized spacial score (nSPS) is 17.8. The van der Waals surface area contributed by atoms with Crippen molar-refractivity contribution in [3.8, 4) is 5.75 Å². The molecule has 2 heterocycles. The standard InChI is InChI=1S/C27H31FN3O7P/c1-18(32)23-15-30(24-10-9-21(13-22(23)24)37-17-38-39(35)36)16-26(33)31-14-20(28)12-25(31)27(34)29-11-5-8-19-6-3-2-4-7-19/h2-4,6-7,9-10,13,15,20,25,39H,5,8,11-12,14,16-17H2,1H3,(H,29,34)(H,35,36)/t20-,25+/m1/s1. The molecule has 2 aromatic carbocycles. The molecule has 0 spiro atoms. The lowest BCUT2D eigenvalue weighted by molar-refractivity contribution is -0.138. The fraction of sp³-hybridized carbons (Fsp3) is 0.370. The van der Waals surface area contributed by atoms with Gasteiger partial charge in [-0.15, -0.1) is 0 Å². The number of benzene rings is 2. The van der Waals surface area contributed by atoms with Crippen molar-refractivity contribution in [2.24, 2.45) is 0 Å². The van der Waals surface area contributed by atoms with Crippen LogP contribution in [0.3, 0.4) is 0 Å². The van der Waals surface area contributed by atoms with E-state index in [4.69, 9.17) is 9.63 Å². The first kappa shape index (κ1) is 28.5. The van der Waals surface area contributed by atoms with Crippen molar-refractivity contribution in [1.82, 2.24) is 14.8 Å². The summed E-state index contributed by atoms with van der Waals surface area (Å²) in [5.41, 5.74) is 2.07. The van der Waals surface area contributed by atoms with Gasteiger partial charge in [-0.05, 0) is 43.5 Å². The van der Waals surface area contributed by atoms with Crippen molar-refractivity contribution in [2.45, 2.75) is 44.9 Å². The van der Waals surface area contributed by atoms with Gasteiger partial charge in [-0.2, -0.15) is 0 Å². The summed E-state index contributed by atoms with van der Waals surface area (Å²) in [6.45, 7) is 0.999. The van der Waals surface area contributed by atoms with Crippen LogP contribution in [-0.4, -0.2) is 64.1 Å². The molecule has 12 heteroatoms. The number of ether oxygens (including phenoxy) is 1. The van der Waals surface area contributed by atoms with Crippen molar-refractivity contribution in [3.63, 3.8) is 0 Å². The van der Waals surface area contributed by atoms with Crippen molar-refractivity contribution < 1.29 is 37.5 Å². The molecule has 39 heavy (non-hydrogen) atoms. The van der Waals surface area contributed by atoms with E-state index in [0.29, 0.717) is 28.8 Å². The first-order valence-corrected chi connectivity index (χ1v) is 13.9. The van der Waals surface area contributed by atoms with Gasteiger partial charge in [-0.25, -0.2) is 4.39 Å². The van der Waals surface area contributed by atoms with Gasteiger partial charge < -0.3 is 24.4 Å². The zero-order valence-corrected chi connectivity index (χ0v) is 22.5. The van der Waals surface area contributed by atoms with Crippen LogP contribution in [0.1, 0.15) is 35.7 Å². The lowest BCUT2D eigenvalue weighted by Gasteiger charge is -2.24. The number of nitrogens with zero attached hydrogens (tertiary/aromatic N) is 2. The molecule has 1 unspecified atom stereocenters. The Morgan fingerprint density at radius 2 is 1.95 bits per heavy atom. The van der Waals surface area contributed by atoms with E-state index < -0.39 is 33.2 Å². The van der Waals surface area contributed by atoms with Crippen LogP contribution in [0.4, 0.5) is 4.39 Å². The summed E-state index contributed by atoms with van der Waals surface area (Å²) in [5, 5.41) is 3.35. The van der Waals surface area contributed by atoms with Gasteiger partial charge in [0, 0.05) is 35.6 Å². The van der Waals surface area contributed by atoms with E-state index in [1.807, 2.05) is 30.3 Å². The molecule has 1 aliphatic heterocycles. The fourth-order valence-electron chi connectivity index (χ4n) is 4.74. The summed E-state index contributed by atoms with van der Waals surface area (Å²) >= 11 is 0. The van der Waals surface area contributed by atoms with Gasteiger partial charge in [-0.1, -0.05) is 30.3 Å². The van der Waals surface area contributed by atoms with Crippen molar-refractivity contribution in [3.05, 3.63) is 65.9 Å². The maximum absolute atomic E-state index is 14.4. The Labute approximate surface area is 225 Å². The molecule has 3 aromatic rings. The Morgan fingerprint density at radius 3 is 2.67 bits per heavy atom. The summed E-state index contributed by atoms with van der Waals surface area (Å²) in [5.74, 6) is -0.750. The predicted molar refractivity (Wildman–Crippen MR) is 143 cm³/mol. The Hall–Kier alpha value is -3.53. The number of hydrogen-bond acceptors (Lipinski definition) is 6. The van der Waals surface area contributed by atoms with Gasteiger partial charge in [0.15, 0.2) is 12.6 Å². The smallest absolute Gasteiger partial charge is 0.319 e. The summed E-state index contributed by atoms with van der Waals surface area (Å²) < 4.78 is 36.5. The Morgan fingerprint density at radius 1 is 1.18 bits per heavy atom. The first-order chi connectivity index (χ1) is 18.7. The molecule has 0 bridgehead atoms. The molecule has 1 aromatic heterocycles. The summed E-state index contributed by atoms with van der Waals surface area (Å²) in [4.78, 5) is 48.5. The van der Waals surface area contributed by atoms with E-state index in [9.17, 15) is 23.3 Å². The van der Waals surface area contributed by atoms with E-state index in [1.54, 1.807) is 29.0 Å². The van der Waals surface area contributed by atoms with Gasteiger partial charge in [0.25, 0.3) is 0 Å². The highest BCUT2D eigenvalue weighted by Crippen LogP contribution is 2.28. The number of fused-ring (bicyclic) bond motifs is 1. The second kappa shape index (κ2) is 13.0. The van der Waals surface area contributed by atoms with Gasteiger partial charge in [-0.3, -0.25) is 23.5 Å². The highest BCUT2D eigenvalue weighted by atomic mass is 31.1. The third kappa shape index (κ3) is 7.32. The van der Waals surface area contributed by atoms with Crippen molar-refractivity contribution in [2.75, 3.05) is 19.9 Å². The molecule has 0 saturated carbocycles. The summed E-state index contributed by atoms with van der Waals surface area (Å²) in [6.07, 6.45) is 1.68. The molecule has 0 aliphatic carbocycles. The minimum Gasteiger partial charge on any atom is -0.467 e. The highest BCUT2D eigenvalue weighted by molar-refractivity contribution is 7.32. The van der Waals surface area contributed by atoms with Crippen LogP contribution in [0.25, 0.3) is 10.9 Å². The van der Waals surface area contributed by atoms with E-state index in [1.165, 1.54) is 11.8 Å². The van der Waals surface area contributed by atoms with Crippen LogP contribution in [-0.2, 0) is 31.6 Å². The number of nitrogens with one attached hydrogen (secondary N) is 1. The molecule has 1 fully saturated rings. The van der Waals surface area contributed by atoms with Crippen LogP contribution < -0.4 is 10.1 Å². The average molecular weight is 560 g/mol. The van der Waals surface area contributed by atoms with Crippen LogP contribution in [0.15, 0.2) is 54.7 Å². The van der Waals surface area contributed by atoms with E-state index in [0.717, 1.165) is 18.4 Å². The number of alkyl halides is 1. The van der Waals surface area contributed by atoms with E-state index in [-0.39, 0.29) is 31.2 Å². The molecule has 4 rings (SSSR count). The number of Topliss-reactive ketones (excluding diaryl/α,β-unsaturated/α-hetero) is 1. The molecule has 2 amide bonds. The molecule has 1 saturated heterocycles. The Bertz CT molecular complexity index is 1360.